The summed E-state index contributed by atoms with van der Waals surface area (Å²) >= 11 is 0. The number of sulfonamides is 1. The molecule has 2 aromatic rings. The number of aryl methyl sites for hydroxylation is 1. The number of hydrogen-bond donors (Lipinski definition) is 1. The fourth-order valence-corrected chi connectivity index (χ4v) is 2.42. The number of benzene rings is 1. The highest BCUT2D eigenvalue weighted by molar-refractivity contribution is 7.92. The first kappa shape index (κ1) is 12.6. The second kappa shape index (κ2) is 4.77. The quantitative estimate of drug-likeness (QED) is 0.921. The van der Waals surface area contributed by atoms with E-state index in [1.165, 1.54) is 35.3 Å². The van der Waals surface area contributed by atoms with Gasteiger partial charge in [0.25, 0.3) is 10.0 Å². The van der Waals surface area contributed by atoms with Crippen molar-refractivity contribution in [3.8, 4) is 0 Å². The molecule has 0 saturated heterocycles. The molecule has 1 N–H and O–H groups in total. The van der Waals surface area contributed by atoms with Crippen LogP contribution in [0.5, 0.6) is 0 Å². The molecule has 5 nitrogen and oxygen atoms in total. The molecule has 18 heavy (non-hydrogen) atoms. The summed E-state index contributed by atoms with van der Waals surface area (Å²) in [4.78, 5) is 0.0496. The van der Waals surface area contributed by atoms with Crippen molar-refractivity contribution in [2.45, 2.75) is 18.4 Å². The van der Waals surface area contributed by atoms with Crippen molar-refractivity contribution < 1.29 is 12.8 Å². The Morgan fingerprint density at radius 3 is 2.83 bits per heavy atom. The molecule has 96 valence electrons. The van der Waals surface area contributed by atoms with Gasteiger partial charge in [-0.25, -0.2) is 12.8 Å². The smallest absolute Gasteiger partial charge is 0.265 e. The predicted molar refractivity (Wildman–Crippen MR) is 65.1 cm³/mol. The zero-order chi connectivity index (χ0) is 13.2. The summed E-state index contributed by atoms with van der Waals surface area (Å²) in [6.45, 7) is 2.43. The highest BCUT2D eigenvalue weighted by Crippen LogP contribution is 2.16. The molecule has 0 saturated carbocycles. The third-order valence-corrected chi connectivity index (χ3v) is 3.66. The van der Waals surface area contributed by atoms with Gasteiger partial charge in [0.05, 0.1) is 11.9 Å². The maximum absolute atomic E-state index is 13.0. The Morgan fingerprint density at radius 2 is 2.22 bits per heavy atom. The van der Waals surface area contributed by atoms with Crippen LogP contribution < -0.4 is 4.72 Å². The monoisotopic (exact) mass is 269 g/mol. The summed E-state index contributed by atoms with van der Waals surface area (Å²) in [6, 6.07) is 5.27. The number of halogens is 1. The van der Waals surface area contributed by atoms with Gasteiger partial charge in [-0.05, 0) is 25.1 Å². The van der Waals surface area contributed by atoms with Crippen LogP contribution >= 0.6 is 0 Å². The Balaban J connectivity index is 2.27. The van der Waals surface area contributed by atoms with E-state index in [-0.39, 0.29) is 10.6 Å². The maximum Gasteiger partial charge on any atom is 0.265 e. The summed E-state index contributed by atoms with van der Waals surface area (Å²) in [5.74, 6) is -0.501. The van der Waals surface area contributed by atoms with E-state index in [9.17, 15) is 12.8 Å². The first-order valence-electron chi connectivity index (χ1n) is 5.32. The van der Waals surface area contributed by atoms with Gasteiger partial charge in [0, 0.05) is 12.7 Å². The van der Waals surface area contributed by atoms with Crippen molar-refractivity contribution in [2.75, 3.05) is 4.72 Å². The van der Waals surface area contributed by atoms with Crippen molar-refractivity contribution >= 4 is 15.7 Å². The number of rotatable bonds is 4. The van der Waals surface area contributed by atoms with Crippen molar-refractivity contribution in [3.05, 3.63) is 42.5 Å². The molecule has 1 heterocycles. The van der Waals surface area contributed by atoms with Gasteiger partial charge in [-0.3, -0.25) is 9.40 Å². The Kier molecular flexibility index (Phi) is 3.33. The van der Waals surface area contributed by atoms with E-state index in [0.717, 1.165) is 6.07 Å². The second-order valence-electron chi connectivity index (χ2n) is 3.65. The molecule has 0 unspecified atom stereocenters. The number of nitrogens with zero attached hydrogens (tertiary/aromatic N) is 2. The molecule has 0 bridgehead atoms. The molecule has 0 atom stereocenters. The van der Waals surface area contributed by atoms with Gasteiger partial charge in [-0.15, -0.1) is 0 Å². The molecule has 0 aliphatic carbocycles. The van der Waals surface area contributed by atoms with E-state index < -0.39 is 15.8 Å². The van der Waals surface area contributed by atoms with E-state index in [1.54, 1.807) is 0 Å². The van der Waals surface area contributed by atoms with Gasteiger partial charge in [-0.1, -0.05) is 6.07 Å². The zero-order valence-electron chi connectivity index (χ0n) is 9.67. The van der Waals surface area contributed by atoms with Crippen LogP contribution in [0, 0.1) is 5.82 Å². The molecular formula is C11H12FN3O2S. The van der Waals surface area contributed by atoms with Gasteiger partial charge in [0.1, 0.15) is 10.7 Å². The molecule has 1 aromatic heterocycles. The van der Waals surface area contributed by atoms with Crippen LogP contribution in [0.1, 0.15) is 6.92 Å². The SMILES string of the molecule is CCn1cc(S(=O)(=O)Nc2cccc(F)c2)cn1. The Labute approximate surface area is 104 Å². The molecule has 7 heteroatoms. The van der Waals surface area contributed by atoms with Crippen molar-refractivity contribution in [1.29, 1.82) is 0 Å². The van der Waals surface area contributed by atoms with Gasteiger partial charge in [0.2, 0.25) is 0 Å². The van der Waals surface area contributed by atoms with E-state index >= 15 is 0 Å². The van der Waals surface area contributed by atoms with Gasteiger partial charge in [0.15, 0.2) is 0 Å². The highest BCUT2D eigenvalue weighted by Gasteiger charge is 2.16. The molecule has 0 spiro atoms. The standard InChI is InChI=1S/C11H12FN3O2S/c1-2-15-8-11(7-13-15)18(16,17)14-10-5-3-4-9(12)6-10/h3-8,14H,2H2,1H3. The Hall–Kier alpha value is -1.89. The van der Waals surface area contributed by atoms with E-state index in [1.807, 2.05) is 6.92 Å². The molecule has 1 aromatic carbocycles. The minimum atomic E-state index is -3.72. The predicted octanol–water partition coefficient (Wildman–Crippen LogP) is 1.84. The maximum atomic E-state index is 13.0. The lowest BCUT2D eigenvalue weighted by molar-refractivity contribution is 0.600. The third-order valence-electron chi connectivity index (χ3n) is 2.32. The third kappa shape index (κ3) is 2.67. The molecule has 2 rings (SSSR count). The van der Waals surface area contributed by atoms with Crippen molar-refractivity contribution in [1.82, 2.24) is 9.78 Å². The number of nitrogens with one attached hydrogen (secondary N) is 1. The summed E-state index contributed by atoms with van der Waals surface area (Å²) < 4.78 is 40.7. The minimum Gasteiger partial charge on any atom is -0.279 e. The molecule has 0 radical (unpaired) electrons. The van der Waals surface area contributed by atoms with Gasteiger partial charge in [-0.2, -0.15) is 5.10 Å². The Morgan fingerprint density at radius 1 is 1.44 bits per heavy atom. The normalized spacial score (nSPS) is 11.4. The number of aromatic nitrogens is 2. The zero-order valence-corrected chi connectivity index (χ0v) is 10.5. The lowest BCUT2D eigenvalue weighted by Gasteiger charge is -2.05. The summed E-state index contributed by atoms with van der Waals surface area (Å²) in [6.07, 6.45) is 2.67. The van der Waals surface area contributed by atoms with Crippen LogP contribution in [0.4, 0.5) is 10.1 Å². The van der Waals surface area contributed by atoms with Crippen LogP contribution in [0.15, 0.2) is 41.6 Å². The first-order valence-corrected chi connectivity index (χ1v) is 6.80. The van der Waals surface area contributed by atoms with Gasteiger partial charge < -0.3 is 0 Å². The van der Waals surface area contributed by atoms with Gasteiger partial charge >= 0.3 is 0 Å². The van der Waals surface area contributed by atoms with Crippen molar-refractivity contribution in [2.24, 2.45) is 0 Å². The highest BCUT2D eigenvalue weighted by atomic mass is 32.2. The fourth-order valence-electron chi connectivity index (χ4n) is 1.42. The lowest BCUT2D eigenvalue weighted by Crippen LogP contribution is -2.12. The molecule has 0 fully saturated rings. The van der Waals surface area contributed by atoms with Crippen LogP contribution in [0.3, 0.4) is 0 Å². The van der Waals surface area contributed by atoms with E-state index in [0.29, 0.717) is 6.54 Å². The number of hydrogen-bond acceptors (Lipinski definition) is 3. The van der Waals surface area contributed by atoms with E-state index in [4.69, 9.17) is 0 Å². The van der Waals surface area contributed by atoms with E-state index in [2.05, 4.69) is 9.82 Å². The largest absolute Gasteiger partial charge is 0.279 e. The second-order valence-corrected chi connectivity index (χ2v) is 5.33. The van der Waals surface area contributed by atoms with Crippen LogP contribution in [-0.4, -0.2) is 18.2 Å². The fraction of sp³-hybridized carbons (Fsp3) is 0.182. The summed E-state index contributed by atoms with van der Waals surface area (Å²) in [7, 11) is -3.72. The number of anilines is 1. The molecule has 0 amide bonds. The topological polar surface area (TPSA) is 64.0 Å². The summed E-state index contributed by atoms with van der Waals surface area (Å²) in [5.41, 5.74) is 0.180. The van der Waals surface area contributed by atoms with Crippen molar-refractivity contribution in [3.63, 3.8) is 0 Å². The minimum absolute atomic E-state index is 0.0496. The van der Waals surface area contributed by atoms with Crippen LogP contribution in [0.2, 0.25) is 0 Å². The average Bonchev–Trinajstić information content (AvgIpc) is 2.77. The first-order chi connectivity index (χ1) is 8.51. The molecule has 0 aliphatic rings. The van der Waals surface area contributed by atoms with Crippen LogP contribution in [-0.2, 0) is 16.6 Å². The van der Waals surface area contributed by atoms with Crippen LogP contribution in [0.25, 0.3) is 0 Å². The Bertz CT molecular complexity index is 652. The summed E-state index contributed by atoms with van der Waals surface area (Å²) in [5, 5.41) is 3.88. The average molecular weight is 269 g/mol. The molecule has 0 aliphatic heterocycles. The molecular weight excluding hydrogens is 257 g/mol. The lowest BCUT2D eigenvalue weighted by atomic mass is 10.3.